The quantitative estimate of drug-likeness (QED) is 0.824. The lowest BCUT2D eigenvalue weighted by Gasteiger charge is -2.11. The molecule has 0 unspecified atom stereocenters. The fourth-order valence-corrected chi connectivity index (χ4v) is 2.15. The SMILES string of the molecule is CCc1nc(Cl)cc(Nc2cc(Br)c(F)cc2C)n1. The Morgan fingerprint density at radius 2 is 2.05 bits per heavy atom. The van der Waals surface area contributed by atoms with Gasteiger partial charge >= 0.3 is 0 Å². The lowest BCUT2D eigenvalue weighted by Crippen LogP contribution is -2.01. The number of hydrogen-bond donors (Lipinski definition) is 1. The molecule has 1 heterocycles. The summed E-state index contributed by atoms with van der Waals surface area (Å²) < 4.78 is 13.8. The Hall–Kier alpha value is -1.20. The van der Waals surface area contributed by atoms with E-state index in [0.717, 1.165) is 11.3 Å². The highest BCUT2D eigenvalue weighted by Crippen LogP contribution is 2.27. The Morgan fingerprint density at radius 1 is 1.32 bits per heavy atom. The number of nitrogens with zero attached hydrogens (tertiary/aromatic N) is 2. The van der Waals surface area contributed by atoms with Crippen LogP contribution in [-0.2, 0) is 6.42 Å². The van der Waals surface area contributed by atoms with Crippen LogP contribution < -0.4 is 5.32 Å². The first-order chi connectivity index (χ1) is 8.99. The molecular weight excluding hydrogens is 333 g/mol. The Bertz CT molecular complexity index is 619. The van der Waals surface area contributed by atoms with Crippen LogP contribution in [0.4, 0.5) is 15.9 Å². The van der Waals surface area contributed by atoms with Crippen molar-refractivity contribution in [2.45, 2.75) is 20.3 Å². The summed E-state index contributed by atoms with van der Waals surface area (Å²) in [6.07, 6.45) is 0.696. The van der Waals surface area contributed by atoms with Crippen LogP contribution in [0.1, 0.15) is 18.3 Å². The summed E-state index contributed by atoms with van der Waals surface area (Å²) in [6.45, 7) is 3.77. The Balaban J connectivity index is 2.36. The van der Waals surface area contributed by atoms with Gasteiger partial charge in [-0.25, -0.2) is 14.4 Å². The predicted octanol–water partition coefficient (Wildman–Crippen LogP) is 4.65. The van der Waals surface area contributed by atoms with E-state index in [-0.39, 0.29) is 5.82 Å². The second-order valence-electron chi connectivity index (χ2n) is 4.05. The molecule has 1 N–H and O–H groups in total. The Labute approximate surface area is 124 Å². The van der Waals surface area contributed by atoms with Gasteiger partial charge in [0, 0.05) is 18.2 Å². The molecule has 0 aliphatic rings. The standard InChI is InChI=1S/C13H12BrClFN3/c1-3-12-18-11(15)6-13(19-12)17-10-5-8(14)9(16)4-7(10)2/h4-6H,3H2,1-2H3,(H,17,18,19). The van der Waals surface area contributed by atoms with E-state index in [2.05, 4.69) is 31.2 Å². The normalized spacial score (nSPS) is 10.6. The zero-order valence-corrected chi connectivity index (χ0v) is 12.8. The highest BCUT2D eigenvalue weighted by atomic mass is 79.9. The summed E-state index contributed by atoms with van der Waals surface area (Å²) in [7, 11) is 0. The summed E-state index contributed by atoms with van der Waals surface area (Å²) in [5.74, 6) is 0.963. The van der Waals surface area contributed by atoms with E-state index >= 15 is 0 Å². The number of aryl methyl sites for hydroxylation is 2. The number of hydrogen-bond acceptors (Lipinski definition) is 3. The molecule has 1 aromatic heterocycles. The maximum Gasteiger partial charge on any atom is 0.137 e. The van der Waals surface area contributed by atoms with Crippen LogP contribution in [-0.4, -0.2) is 9.97 Å². The van der Waals surface area contributed by atoms with Crippen molar-refractivity contribution < 1.29 is 4.39 Å². The molecule has 0 aliphatic carbocycles. The third-order valence-corrected chi connectivity index (χ3v) is 3.39. The molecule has 0 saturated carbocycles. The highest BCUT2D eigenvalue weighted by Gasteiger charge is 2.07. The van der Waals surface area contributed by atoms with Gasteiger partial charge in [-0.2, -0.15) is 0 Å². The van der Waals surface area contributed by atoms with Crippen LogP contribution >= 0.6 is 27.5 Å². The van der Waals surface area contributed by atoms with Gasteiger partial charge in [-0.15, -0.1) is 0 Å². The molecule has 0 saturated heterocycles. The number of benzene rings is 1. The molecule has 6 heteroatoms. The monoisotopic (exact) mass is 343 g/mol. The first kappa shape index (κ1) is 14.2. The first-order valence-corrected chi connectivity index (χ1v) is 6.93. The summed E-state index contributed by atoms with van der Waals surface area (Å²) >= 11 is 9.09. The van der Waals surface area contributed by atoms with Crippen molar-refractivity contribution in [2.75, 3.05) is 5.32 Å². The molecule has 1 aromatic carbocycles. The van der Waals surface area contributed by atoms with E-state index in [0.29, 0.717) is 27.7 Å². The lowest BCUT2D eigenvalue weighted by atomic mass is 10.2. The van der Waals surface area contributed by atoms with Crippen LogP contribution in [0.3, 0.4) is 0 Å². The minimum atomic E-state index is -0.294. The van der Waals surface area contributed by atoms with Crippen molar-refractivity contribution >= 4 is 39.0 Å². The van der Waals surface area contributed by atoms with Crippen LogP contribution in [0.2, 0.25) is 5.15 Å². The maximum atomic E-state index is 13.4. The second-order valence-corrected chi connectivity index (χ2v) is 5.29. The minimum absolute atomic E-state index is 0.294. The average Bonchev–Trinajstić information content (AvgIpc) is 2.35. The molecule has 0 amide bonds. The molecule has 100 valence electrons. The molecule has 3 nitrogen and oxygen atoms in total. The van der Waals surface area contributed by atoms with E-state index in [1.807, 2.05) is 13.8 Å². The van der Waals surface area contributed by atoms with E-state index in [1.54, 1.807) is 12.1 Å². The van der Waals surface area contributed by atoms with E-state index in [9.17, 15) is 4.39 Å². The van der Waals surface area contributed by atoms with Gasteiger partial charge < -0.3 is 5.32 Å². The van der Waals surface area contributed by atoms with Gasteiger partial charge in [0.05, 0.1) is 4.47 Å². The van der Waals surface area contributed by atoms with E-state index < -0.39 is 0 Å². The van der Waals surface area contributed by atoms with Gasteiger partial charge in [-0.1, -0.05) is 18.5 Å². The highest BCUT2D eigenvalue weighted by molar-refractivity contribution is 9.10. The molecule has 2 rings (SSSR count). The summed E-state index contributed by atoms with van der Waals surface area (Å²) in [5, 5.41) is 3.51. The first-order valence-electron chi connectivity index (χ1n) is 5.75. The lowest BCUT2D eigenvalue weighted by molar-refractivity contribution is 0.620. The number of rotatable bonds is 3. The molecule has 0 radical (unpaired) electrons. The van der Waals surface area contributed by atoms with Crippen LogP contribution in [0.5, 0.6) is 0 Å². The van der Waals surface area contributed by atoms with Crippen molar-refractivity contribution in [1.29, 1.82) is 0 Å². The largest absolute Gasteiger partial charge is 0.340 e. The average molecular weight is 345 g/mol. The zero-order chi connectivity index (χ0) is 14.0. The van der Waals surface area contributed by atoms with Crippen LogP contribution in [0, 0.1) is 12.7 Å². The fourth-order valence-electron chi connectivity index (χ4n) is 1.61. The second kappa shape index (κ2) is 5.84. The number of anilines is 2. The molecule has 19 heavy (non-hydrogen) atoms. The number of nitrogens with one attached hydrogen (secondary N) is 1. The van der Waals surface area contributed by atoms with E-state index in [4.69, 9.17) is 11.6 Å². The number of halogens is 3. The molecule has 0 fully saturated rings. The van der Waals surface area contributed by atoms with Gasteiger partial charge in [-0.05, 0) is 40.5 Å². The molecule has 0 bridgehead atoms. The van der Waals surface area contributed by atoms with Crippen molar-refractivity contribution in [3.05, 3.63) is 45.0 Å². The van der Waals surface area contributed by atoms with Crippen molar-refractivity contribution in [3.8, 4) is 0 Å². The third kappa shape index (κ3) is 3.42. The van der Waals surface area contributed by atoms with Crippen molar-refractivity contribution in [3.63, 3.8) is 0 Å². The molecule has 2 aromatic rings. The fraction of sp³-hybridized carbons (Fsp3) is 0.231. The molecule has 0 atom stereocenters. The predicted molar refractivity (Wildman–Crippen MR) is 78.5 cm³/mol. The summed E-state index contributed by atoms with van der Waals surface area (Å²) in [4.78, 5) is 8.42. The summed E-state index contributed by atoms with van der Waals surface area (Å²) in [5.41, 5.74) is 1.55. The summed E-state index contributed by atoms with van der Waals surface area (Å²) in [6, 6.07) is 4.76. The van der Waals surface area contributed by atoms with E-state index in [1.165, 1.54) is 6.07 Å². The Kier molecular flexibility index (Phi) is 4.37. The van der Waals surface area contributed by atoms with Crippen molar-refractivity contribution in [1.82, 2.24) is 9.97 Å². The van der Waals surface area contributed by atoms with Gasteiger partial charge in [0.25, 0.3) is 0 Å². The minimum Gasteiger partial charge on any atom is -0.340 e. The molecule has 0 aliphatic heterocycles. The van der Waals surface area contributed by atoms with Gasteiger partial charge in [0.15, 0.2) is 0 Å². The van der Waals surface area contributed by atoms with Crippen molar-refractivity contribution in [2.24, 2.45) is 0 Å². The number of aromatic nitrogens is 2. The van der Waals surface area contributed by atoms with Gasteiger partial charge in [0.2, 0.25) is 0 Å². The van der Waals surface area contributed by atoms with Crippen LogP contribution in [0.25, 0.3) is 0 Å². The van der Waals surface area contributed by atoms with Crippen LogP contribution in [0.15, 0.2) is 22.7 Å². The van der Waals surface area contributed by atoms with Gasteiger partial charge in [-0.3, -0.25) is 0 Å². The zero-order valence-electron chi connectivity index (χ0n) is 10.5. The smallest absolute Gasteiger partial charge is 0.137 e. The molecular formula is C13H12BrClFN3. The molecule has 0 spiro atoms. The Morgan fingerprint density at radius 3 is 2.74 bits per heavy atom. The maximum absolute atomic E-state index is 13.4. The topological polar surface area (TPSA) is 37.8 Å². The third-order valence-electron chi connectivity index (χ3n) is 2.59. The van der Waals surface area contributed by atoms with Gasteiger partial charge in [0.1, 0.15) is 22.6 Å².